The lowest BCUT2D eigenvalue weighted by Gasteiger charge is -2.15. The van der Waals surface area contributed by atoms with E-state index in [0.717, 1.165) is 5.69 Å². The Labute approximate surface area is 111 Å². The maximum Gasteiger partial charge on any atom is 0.144 e. The van der Waals surface area contributed by atoms with Crippen molar-refractivity contribution in [2.24, 2.45) is 0 Å². The third kappa shape index (κ3) is 4.56. The van der Waals surface area contributed by atoms with Gasteiger partial charge in [0.2, 0.25) is 0 Å². The fourth-order valence-electron chi connectivity index (χ4n) is 1.50. The number of nitrogens with one attached hydrogen (secondary N) is 1. The van der Waals surface area contributed by atoms with Crippen LogP contribution in [0.15, 0.2) is 18.2 Å². The van der Waals surface area contributed by atoms with Crippen molar-refractivity contribution in [2.45, 2.75) is 26.9 Å². The smallest absolute Gasteiger partial charge is 0.144 e. The molecule has 1 rings (SSSR count). The van der Waals surface area contributed by atoms with Crippen molar-refractivity contribution < 1.29 is 8.95 Å². The molecular weight excluding hydrogens is 248 g/mol. The molecule has 0 saturated carbocycles. The van der Waals surface area contributed by atoms with Crippen LogP contribution in [0.4, 0.5) is 11.4 Å². The van der Waals surface area contributed by atoms with Crippen molar-refractivity contribution in [1.82, 2.24) is 0 Å². The molecule has 18 heavy (non-hydrogen) atoms. The highest BCUT2D eigenvalue weighted by Crippen LogP contribution is 2.29. The van der Waals surface area contributed by atoms with Crippen molar-refractivity contribution in [3.63, 3.8) is 0 Å². The quantitative estimate of drug-likeness (QED) is 0.746. The summed E-state index contributed by atoms with van der Waals surface area (Å²) in [5, 5.41) is 3.19. The fourth-order valence-corrected chi connectivity index (χ4v) is 2.12. The second-order valence-electron chi connectivity index (χ2n) is 4.24. The minimum Gasteiger partial charge on any atom is -0.489 e. The van der Waals surface area contributed by atoms with Gasteiger partial charge in [0, 0.05) is 28.9 Å². The number of para-hydroxylation sites is 1. The van der Waals surface area contributed by atoms with Gasteiger partial charge in [-0.25, -0.2) is 0 Å². The molecule has 0 heterocycles. The van der Waals surface area contributed by atoms with Crippen molar-refractivity contribution >= 4 is 22.2 Å². The topological polar surface area (TPSA) is 64.3 Å². The summed E-state index contributed by atoms with van der Waals surface area (Å²) in [6, 6.07) is 5.65. The molecular formula is C13H22N2O2S. The first-order chi connectivity index (χ1) is 8.54. The van der Waals surface area contributed by atoms with E-state index in [2.05, 4.69) is 5.32 Å². The predicted octanol–water partition coefficient (Wildman–Crippen LogP) is 2.24. The minimum absolute atomic E-state index is 0.0927. The van der Waals surface area contributed by atoms with E-state index in [1.54, 1.807) is 0 Å². The average Bonchev–Trinajstić information content (AvgIpc) is 2.33. The number of hydrogen-bond acceptors (Lipinski definition) is 4. The lowest BCUT2D eigenvalue weighted by Crippen LogP contribution is -2.14. The summed E-state index contributed by atoms with van der Waals surface area (Å²) in [5.74, 6) is 2.01. The van der Waals surface area contributed by atoms with Gasteiger partial charge in [0.05, 0.1) is 17.5 Å². The van der Waals surface area contributed by atoms with Crippen molar-refractivity contribution in [1.29, 1.82) is 0 Å². The lowest BCUT2D eigenvalue weighted by atomic mass is 10.2. The molecule has 1 aromatic carbocycles. The van der Waals surface area contributed by atoms with Gasteiger partial charge in [-0.15, -0.1) is 0 Å². The van der Waals surface area contributed by atoms with Crippen LogP contribution in [0, 0.1) is 0 Å². The molecule has 1 unspecified atom stereocenters. The summed E-state index contributed by atoms with van der Waals surface area (Å²) in [6.07, 6.45) is 0.0927. The largest absolute Gasteiger partial charge is 0.489 e. The summed E-state index contributed by atoms with van der Waals surface area (Å²) in [4.78, 5) is 0. The Balaban J connectivity index is 2.63. The van der Waals surface area contributed by atoms with E-state index in [1.807, 2.05) is 39.0 Å². The third-order valence-corrected chi connectivity index (χ3v) is 3.70. The molecule has 3 N–H and O–H groups in total. The number of rotatable bonds is 7. The number of anilines is 2. The SMILES string of the molecule is CCS(=O)CCNc1cccc(OC(C)C)c1N. The van der Waals surface area contributed by atoms with Gasteiger partial charge in [-0.2, -0.15) is 0 Å². The van der Waals surface area contributed by atoms with Crippen molar-refractivity contribution in [3.8, 4) is 5.75 Å². The molecule has 0 spiro atoms. The zero-order valence-corrected chi connectivity index (χ0v) is 12.0. The van der Waals surface area contributed by atoms with Crippen molar-refractivity contribution in [2.75, 3.05) is 29.1 Å². The van der Waals surface area contributed by atoms with E-state index in [1.165, 1.54) is 0 Å². The molecule has 5 heteroatoms. The first-order valence-electron chi connectivity index (χ1n) is 6.18. The molecule has 0 aliphatic heterocycles. The summed E-state index contributed by atoms with van der Waals surface area (Å²) in [5.41, 5.74) is 7.46. The average molecular weight is 270 g/mol. The molecule has 0 radical (unpaired) electrons. The van der Waals surface area contributed by atoms with Crippen LogP contribution in [0.25, 0.3) is 0 Å². The van der Waals surface area contributed by atoms with Crippen LogP contribution in [0.3, 0.4) is 0 Å². The van der Waals surface area contributed by atoms with Crippen LogP contribution in [0.1, 0.15) is 20.8 Å². The van der Waals surface area contributed by atoms with Gasteiger partial charge in [0.15, 0.2) is 0 Å². The summed E-state index contributed by atoms with van der Waals surface area (Å²) < 4.78 is 16.9. The molecule has 4 nitrogen and oxygen atoms in total. The zero-order valence-electron chi connectivity index (χ0n) is 11.2. The van der Waals surface area contributed by atoms with E-state index < -0.39 is 10.8 Å². The second-order valence-corrected chi connectivity index (χ2v) is 6.11. The Morgan fingerprint density at radius 3 is 2.78 bits per heavy atom. The van der Waals surface area contributed by atoms with Gasteiger partial charge in [-0.1, -0.05) is 13.0 Å². The van der Waals surface area contributed by atoms with E-state index in [0.29, 0.717) is 29.5 Å². The number of benzene rings is 1. The van der Waals surface area contributed by atoms with Crippen LogP contribution in [0.5, 0.6) is 5.75 Å². The van der Waals surface area contributed by atoms with E-state index in [-0.39, 0.29) is 6.10 Å². The van der Waals surface area contributed by atoms with Gasteiger partial charge in [-0.3, -0.25) is 4.21 Å². The summed E-state index contributed by atoms with van der Waals surface area (Å²) in [7, 11) is -0.756. The maximum absolute atomic E-state index is 11.3. The molecule has 1 atom stereocenters. The van der Waals surface area contributed by atoms with Gasteiger partial charge < -0.3 is 15.8 Å². The maximum atomic E-state index is 11.3. The van der Waals surface area contributed by atoms with Gasteiger partial charge in [0.25, 0.3) is 0 Å². The highest BCUT2D eigenvalue weighted by molar-refractivity contribution is 7.84. The standard InChI is InChI=1S/C13H22N2O2S/c1-4-18(16)9-8-15-11-6-5-7-12(13(11)14)17-10(2)3/h5-7,10,15H,4,8-9,14H2,1-3H3. The molecule has 0 saturated heterocycles. The Hall–Kier alpha value is -1.23. The molecule has 0 fully saturated rings. The molecule has 0 amide bonds. The highest BCUT2D eigenvalue weighted by Gasteiger charge is 2.07. The monoisotopic (exact) mass is 270 g/mol. The summed E-state index contributed by atoms with van der Waals surface area (Å²) >= 11 is 0. The number of nitrogens with two attached hydrogens (primary N) is 1. The van der Waals surface area contributed by atoms with E-state index in [4.69, 9.17) is 10.5 Å². The Kier molecular flexibility index (Phi) is 5.98. The molecule has 0 aliphatic carbocycles. The van der Waals surface area contributed by atoms with E-state index >= 15 is 0 Å². The van der Waals surface area contributed by atoms with Crippen molar-refractivity contribution in [3.05, 3.63) is 18.2 Å². The first kappa shape index (κ1) is 14.8. The highest BCUT2D eigenvalue weighted by atomic mass is 32.2. The van der Waals surface area contributed by atoms with Gasteiger partial charge in [-0.05, 0) is 26.0 Å². The van der Waals surface area contributed by atoms with Gasteiger partial charge in [0.1, 0.15) is 5.75 Å². The fraction of sp³-hybridized carbons (Fsp3) is 0.538. The Morgan fingerprint density at radius 2 is 2.17 bits per heavy atom. The normalized spacial score (nSPS) is 12.4. The number of hydrogen-bond donors (Lipinski definition) is 2. The van der Waals surface area contributed by atoms with E-state index in [9.17, 15) is 4.21 Å². The molecule has 102 valence electrons. The van der Waals surface area contributed by atoms with Crippen LogP contribution >= 0.6 is 0 Å². The van der Waals surface area contributed by atoms with Crippen LogP contribution < -0.4 is 15.8 Å². The number of ether oxygens (including phenoxy) is 1. The molecule has 0 aromatic heterocycles. The Bertz CT molecular complexity index is 408. The zero-order chi connectivity index (χ0) is 13.5. The Morgan fingerprint density at radius 1 is 1.44 bits per heavy atom. The lowest BCUT2D eigenvalue weighted by molar-refractivity contribution is 0.244. The molecule has 0 bridgehead atoms. The second kappa shape index (κ2) is 7.26. The minimum atomic E-state index is -0.756. The number of nitrogen functional groups attached to an aromatic ring is 1. The van der Waals surface area contributed by atoms with Crippen LogP contribution in [0.2, 0.25) is 0 Å². The third-order valence-electron chi connectivity index (χ3n) is 2.40. The van der Waals surface area contributed by atoms with Crippen LogP contribution in [-0.4, -0.2) is 28.4 Å². The molecule has 0 aliphatic rings. The van der Waals surface area contributed by atoms with Gasteiger partial charge >= 0.3 is 0 Å². The summed E-state index contributed by atoms with van der Waals surface area (Å²) in [6.45, 7) is 6.49. The molecule has 1 aromatic rings. The predicted molar refractivity (Wildman–Crippen MR) is 78.7 cm³/mol. The first-order valence-corrected chi connectivity index (χ1v) is 7.67. The van der Waals surface area contributed by atoms with Crippen LogP contribution in [-0.2, 0) is 10.8 Å².